The number of benzene rings is 1. The van der Waals surface area contributed by atoms with Crippen LogP contribution in [-0.2, 0) is 9.59 Å². The van der Waals surface area contributed by atoms with Crippen LogP contribution in [0.4, 0.5) is 5.69 Å². The highest BCUT2D eigenvalue weighted by Gasteiger charge is 2.08. The molecule has 2 amide bonds. The average Bonchev–Trinajstić information content (AvgIpc) is 2.57. The van der Waals surface area contributed by atoms with Crippen LogP contribution in [0.3, 0.4) is 0 Å². The van der Waals surface area contributed by atoms with Gasteiger partial charge in [-0.25, -0.2) is 0 Å². The third-order valence-corrected chi connectivity index (χ3v) is 4.74. The summed E-state index contributed by atoms with van der Waals surface area (Å²) in [5, 5.41) is 5.48. The Kier molecular flexibility index (Phi) is 10.4. The lowest BCUT2D eigenvalue weighted by atomic mass is 10.2. The molecule has 0 aromatic heterocycles. The van der Waals surface area contributed by atoms with Gasteiger partial charge in [-0.2, -0.15) is 0 Å². The molecule has 0 radical (unpaired) electrons. The number of anilines is 1. The third kappa shape index (κ3) is 9.02. The Morgan fingerprint density at radius 1 is 1.08 bits per heavy atom. The number of hydrogen-bond donors (Lipinski definition) is 2. The van der Waals surface area contributed by atoms with Gasteiger partial charge in [0, 0.05) is 16.6 Å². The Balaban J connectivity index is 2.26. The number of halogens is 1. The van der Waals surface area contributed by atoms with Crippen LogP contribution in [0.5, 0.6) is 0 Å². The molecule has 6 heteroatoms. The quantitative estimate of drug-likeness (QED) is 0.583. The van der Waals surface area contributed by atoms with Gasteiger partial charge in [0.1, 0.15) is 0 Å². The number of carbonyl (C=O) groups is 2. The maximum Gasteiger partial charge on any atom is 0.243 e. The van der Waals surface area contributed by atoms with Gasteiger partial charge in [0.05, 0.1) is 6.54 Å². The van der Waals surface area contributed by atoms with Gasteiger partial charge in [0.25, 0.3) is 0 Å². The molecule has 0 spiro atoms. The Labute approximate surface area is 159 Å². The van der Waals surface area contributed by atoms with Crippen LogP contribution < -0.4 is 10.6 Å². The first-order valence-electron chi connectivity index (χ1n) is 9.01. The first-order valence-corrected chi connectivity index (χ1v) is 9.80. The molecule has 0 saturated carbocycles. The first-order chi connectivity index (χ1) is 12.0. The van der Waals surface area contributed by atoms with Gasteiger partial charge in [-0.15, -0.1) is 0 Å². The zero-order valence-corrected chi connectivity index (χ0v) is 17.1. The van der Waals surface area contributed by atoms with E-state index >= 15 is 0 Å². The van der Waals surface area contributed by atoms with Crippen LogP contribution in [0.2, 0.25) is 0 Å². The molecule has 0 bridgehead atoms. The van der Waals surface area contributed by atoms with Crippen molar-refractivity contribution in [3.8, 4) is 0 Å². The molecule has 5 nitrogen and oxygen atoms in total. The number of aryl methyl sites for hydroxylation is 1. The van der Waals surface area contributed by atoms with Gasteiger partial charge in [-0.05, 0) is 69.6 Å². The third-order valence-electron chi connectivity index (χ3n) is 3.85. The van der Waals surface area contributed by atoms with Crippen molar-refractivity contribution in [2.45, 2.75) is 46.5 Å². The van der Waals surface area contributed by atoms with Crippen LogP contribution in [0.15, 0.2) is 22.7 Å². The van der Waals surface area contributed by atoms with Crippen LogP contribution in [0.1, 0.15) is 45.1 Å². The first kappa shape index (κ1) is 21.6. The maximum atomic E-state index is 11.9. The van der Waals surface area contributed by atoms with Crippen molar-refractivity contribution >= 4 is 33.4 Å². The Hall–Kier alpha value is -1.40. The minimum absolute atomic E-state index is 0.00157. The lowest BCUT2D eigenvalue weighted by Gasteiger charge is -2.20. The monoisotopic (exact) mass is 411 g/mol. The van der Waals surface area contributed by atoms with E-state index in [-0.39, 0.29) is 18.4 Å². The van der Waals surface area contributed by atoms with E-state index in [0.717, 1.165) is 54.6 Å². The minimum atomic E-state index is -0.214. The fourth-order valence-electron chi connectivity index (χ4n) is 2.63. The summed E-state index contributed by atoms with van der Waals surface area (Å²) < 4.78 is 0.999. The minimum Gasteiger partial charge on any atom is -0.347 e. The second-order valence-electron chi connectivity index (χ2n) is 6.23. The van der Waals surface area contributed by atoms with E-state index in [1.165, 1.54) is 0 Å². The molecule has 0 saturated heterocycles. The van der Waals surface area contributed by atoms with Crippen molar-refractivity contribution in [1.29, 1.82) is 0 Å². The molecule has 0 fully saturated rings. The fraction of sp³-hybridized carbons (Fsp3) is 0.579. The molecule has 0 atom stereocenters. The van der Waals surface area contributed by atoms with E-state index < -0.39 is 0 Å². The summed E-state index contributed by atoms with van der Waals surface area (Å²) in [4.78, 5) is 26.2. The summed E-state index contributed by atoms with van der Waals surface area (Å²) >= 11 is 3.43. The van der Waals surface area contributed by atoms with Gasteiger partial charge in [0.15, 0.2) is 0 Å². The predicted octanol–water partition coefficient (Wildman–Crippen LogP) is 3.71. The highest BCUT2D eigenvalue weighted by molar-refractivity contribution is 9.10. The lowest BCUT2D eigenvalue weighted by Crippen LogP contribution is -2.33. The smallest absolute Gasteiger partial charge is 0.243 e. The van der Waals surface area contributed by atoms with Crippen molar-refractivity contribution in [3.05, 3.63) is 28.2 Å². The molecule has 0 unspecified atom stereocenters. The summed E-state index contributed by atoms with van der Waals surface area (Å²) in [5.74, 6) is -0.288. The summed E-state index contributed by atoms with van der Waals surface area (Å²) in [6.07, 6.45) is 3.53. The molecular weight excluding hydrogens is 382 g/mol. The normalized spacial score (nSPS) is 10.8. The SMILES string of the molecule is CCCN(CCC)CCCC(=O)NCC(=O)Nc1ccc(Br)c(C)c1. The van der Waals surface area contributed by atoms with E-state index in [0.29, 0.717) is 6.42 Å². The van der Waals surface area contributed by atoms with Crippen molar-refractivity contribution in [1.82, 2.24) is 10.2 Å². The molecular formula is C19H30BrN3O2. The molecule has 1 rings (SSSR count). The van der Waals surface area contributed by atoms with Gasteiger partial charge in [-0.1, -0.05) is 29.8 Å². The molecule has 1 aromatic carbocycles. The topological polar surface area (TPSA) is 61.4 Å². The van der Waals surface area contributed by atoms with Crippen LogP contribution >= 0.6 is 15.9 Å². The van der Waals surface area contributed by atoms with Crippen molar-refractivity contribution in [2.75, 3.05) is 31.5 Å². The largest absolute Gasteiger partial charge is 0.347 e. The Morgan fingerprint density at radius 2 is 1.76 bits per heavy atom. The highest BCUT2D eigenvalue weighted by atomic mass is 79.9. The standard InChI is InChI=1S/C19H30BrN3O2/c1-4-10-23(11-5-2)12-6-7-18(24)21-14-19(25)22-16-8-9-17(20)15(3)13-16/h8-9,13H,4-7,10-12,14H2,1-3H3,(H,21,24)(H,22,25). The Morgan fingerprint density at radius 3 is 2.36 bits per heavy atom. The number of nitrogens with zero attached hydrogens (tertiary/aromatic N) is 1. The van der Waals surface area contributed by atoms with Crippen LogP contribution in [0.25, 0.3) is 0 Å². The average molecular weight is 412 g/mol. The van der Waals surface area contributed by atoms with Crippen molar-refractivity contribution < 1.29 is 9.59 Å². The predicted molar refractivity (Wildman–Crippen MR) is 107 cm³/mol. The molecule has 25 heavy (non-hydrogen) atoms. The van der Waals surface area contributed by atoms with Gasteiger partial charge in [0.2, 0.25) is 11.8 Å². The number of hydrogen-bond acceptors (Lipinski definition) is 3. The fourth-order valence-corrected chi connectivity index (χ4v) is 2.87. The molecule has 0 aliphatic carbocycles. The van der Waals surface area contributed by atoms with Crippen LogP contribution in [0, 0.1) is 6.92 Å². The Bertz CT molecular complexity index is 558. The molecule has 140 valence electrons. The molecule has 0 heterocycles. The molecule has 0 aliphatic rings. The van der Waals surface area contributed by atoms with Crippen LogP contribution in [-0.4, -0.2) is 42.9 Å². The van der Waals surface area contributed by atoms with E-state index in [1.807, 2.05) is 25.1 Å². The summed E-state index contributed by atoms with van der Waals surface area (Å²) in [6, 6.07) is 5.61. The molecule has 0 aliphatic heterocycles. The van der Waals surface area contributed by atoms with Gasteiger partial charge < -0.3 is 15.5 Å². The summed E-state index contributed by atoms with van der Waals surface area (Å²) in [5.41, 5.74) is 1.78. The van der Waals surface area contributed by atoms with E-state index in [4.69, 9.17) is 0 Å². The van der Waals surface area contributed by atoms with Gasteiger partial charge >= 0.3 is 0 Å². The summed E-state index contributed by atoms with van der Waals surface area (Å²) in [6.45, 7) is 9.37. The van der Waals surface area contributed by atoms with E-state index in [2.05, 4.69) is 45.3 Å². The second-order valence-corrected chi connectivity index (χ2v) is 7.09. The summed E-state index contributed by atoms with van der Waals surface area (Å²) in [7, 11) is 0. The second kappa shape index (κ2) is 12.0. The number of nitrogens with one attached hydrogen (secondary N) is 2. The number of carbonyl (C=O) groups excluding carboxylic acids is 2. The molecule has 2 N–H and O–H groups in total. The maximum absolute atomic E-state index is 11.9. The van der Waals surface area contributed by atoms with Crippen molar-refractivity contribution in [3.63, 3.8) is 0 Å². The van der Waals surface area contributed by atoms with E-state index in [1.54, 1.807) is 0 Å². The highest BCUT2D eigenvalue weighted by Crippen LogP contribution is 2.19. The zero-order chi connectivity index (χ0) is 18.7. The lowest BCUT2D eigenvalue weighted by molar-refractivity contribution is -0.124. The molecule has 1 aromatic rings. The van der Waals surface area contributed by atoms with Gasteiger partial charge in [-0.3, -0.25) is 9.59 Å². The van der Waals surface area contributed by atoms with E-state index in [9.17, 15) is 9.59 Å². The van der Waals surface area contributed by atoms with Crippen molar-refractivity contribution in [2.24, 2.45) is 0 Å². The number of rotatable bonds is 11. The number of amides is 2. The zero-order valence-electron chi connectivity index (χ0n) is 15.5.